The molecule has 0 bridgehead atoms. The quantitative estimate of drug-likeness (QED) is 0.107. The number of benzene rings is 3. The first kappa shape index (κ1) is 37.6. The number of urea groups is 2. The molecular weight excluding hydrogens is 652 g/mol. The summed E-state index contributed by atoms with van der Waals surface area (Å²) in [5, 5.41) is 22.6. The van der Waals surface area contributed by atoms with Gasteiger partial charge in [0.25, 0.3) is 0 Å². The second-order valence-corrected chi connectivity index (χ2v) is 11.7. The molecule has 1 saturated heterocycles. The summed E-state index contributed by atoms with van der Waals surface area (Å²) in [6, 6.07) is 23.0. The third kappa shape index (κ3) is 13.7. The number of aromatic nitrogens is 2. The Morgan fingerprint density at radius 1 is 0.667 bits per heavy atom. The largest absolute Gasteiger partial charge is 0.399 e. The van der Waals surface area contributed by atoms with E-state index in [9.17, 15) is 24.3 Å². The van der Waals surface area contributed by atoms with Crippen molar-refractivity contribution in [1.82, 2.24) is 41.5 Å². The maximum atomic E-state index is 12.0. The summed E-state index contributed by atoms with van der Waals surface area (Å²) in [5.41, 5.74) is 16.2. The van der Waals surface area contributed by atoms with Gasteiger partial charge in [-0.1, -0.05) is 42.5 Å². The molecule has 15 nitrogen and oxygen atoms in total. The van der Waals surface area contributed by atoms with Gasteiger partial charge in [0.15, 0.2) is 5.82 Å². The number of anilines is 2. The zero-order valence-electron chi connectivity index (χ0n) is 28.2. The highest BCUT2D eigenvalue weighted by molar-refractivity contribution is 5.84. The van der Waals surface area contributed by atoms with Crippen LogP contribution in [-0.2, 0) is 29.2 Å². The number of aliphatic hydroxyl groups excluding tert-OH is 1. The average molecular weight is 697 g/mol. The second kappa shape index (κ2) is 19.7. The Morgan fingerprint density at radius 3 is 1.76 bits per heavy atom. The van der Waals surface area contributed by atoms with Crippen LogP contribution in [0.5, 0.6) is 0 Å². The van der Waals surface area contributed by atoms with E-state index >= 15 is 0 Å². The van der Waals surface area contributed by atoms with Crippen LogP contribution in [0.15, 0.2) is 91.3 Å². The minimum Gasteiger partial charge on any atom is -0.399 e. The Kier molecular flexibility index (Phi) is 14.5. The van der Waals surface area contributed by atoms with E-state index in [0.29, 0.717) is 62.8 Å². The van der Waals surface area contributed by atoms with Gasteiger partial charge in [0, 0.05) is 62.1 Å². The molecular formula is C36H44N10O5. The zero-order valence-corrected chi connectivity index (χ0v) is 28.2. The van der Waals surface area contributed by atoms with Gasteiger partial charge >= 0.3 is 12.1 Å². The summed E-state index contributed by atoms with van der Waals surface area (Å²) >= 11 is 0. The first-order valence-electron chi connectivity index (χ1n) is 16.5. The van der Waals surface area contributed by atoms with Crippen LogP contribution in [0.3, 0.4) is 0 Å². The molecule has 15 heteroatoms. The van der Waals surface area contributed by atoms with Gasteiger partial charge in [0.05, 0.1) is 19.2 Å². The molecule has 0 aliphatic carbocycles. The van der Waals surface area contributed by atoms with Gasteiger partial charge in [-0.2, -0.15) is 0 Å². The van der Waals surface area contributed by atoms with E-state index in [2.05, 4.69) is 36.6 Å². The van der Waals surface area contributed by atoms with Gasteiger partial charge in [0.1, 0.15) is 0 Å². The molecule has 1 aromatic heterocycles. The van der Waals surface area contributed by atoms with E-state index in [4.69, 9.17) is 11.5 Å². The Hall–Kier alpha value is -6.22. The minimum absolute atomic E-state index is 0.0380. The minimum atomic E-state index is -0.416. The lowest BCUT2D eigenvalue weighted by Crippen LogP contribution is -2.46. The molecule has 1 fully saturated rings. The van der Waals surface area contributed by atoms with Crippen LogP contribution in [0, 0.1) is 0 Å². The number of amides is 6. The predicted octanol–water partition coefficient (Wildman–Crippen LogP) is 1.89. The number of aliphatic hydroxyl groups is 1. The van der Waals surface area contributed by atoms with Crippen molar-refractivity contribution in [2.75, 3.05) is 37.6 Å². The van der Waals surface area contributed by atoms with E-state index in [1.807, 2.05) is 48.5 Å². The first-order valence-corrected chi connectivity index (χ1v) is 16.5. The van der Waals surface area contributed by atoms with Crippen molar-refractivity contribution in [2.24, 2.45) is 0 Å². The van der Waals surface area contributed by atoms with Crippen molar-refractivity contribution >= 4 is 35.3 Å². The van der Waals surface area contributed by atoms with Crippen LogP contribution >= 0.6 is 0 Å². The predicted molar refractivity (Wildman–Crippen MR) is 193 cm³/mol. The van der Waals surface area contributed by atoms with Gasteiger partial charge in [-0.25, -0.2) is 19.6 Å². The number of piperidine rings is 1. The summed E-state index contributed by atoms with van der Waals surface area (Å²) in [4.78, 5) is 57.5. The molecule has 1 aliphatic rings. The maximum Gasteiger partial charge on any atom is 0.315 e. The molecule has 1 aliphatic heterocycles. The average Bonchev–Trinajstić information content (AvgIpc) is 3.16. The normalized spacial score (nSPS) is 12.5. The standard InChI is InChI=1S/C21H22N6O2.C15H22N4O3/c22-18-7-5-15(6-8-18)12-26-21(29)27-14-19(28)25-13-16-3-1-4-17(11-16)20-23-9-2-10-24-20;16-12-3-1-11(2-4-12)9-17-15(22)18-10-14(21)19-7-5-13(20)6-8-19/h1-11H,12-14,22H2,(H,25,28)(H2,26,27,29);1-4,13,20H,5-10,16H2,(H2,17,18,22). The van der Waals surface area contributed by atoms with E-state index in [-0.39, 0.29) is 37.0 Å². The van der Waals surface area contributed by atoms with Gasteiger partial charge in [0.2, 0.25) is 11.8 Å². The van der Waals surface area contributed by atoms with E-state index < -0.39 is 6.03 Å². The number of nitrogen functional groups attached to an aromatic ring is 2. The third-order valence-corrected chi connectivity index (χ3v) is 7.73. The van der Waals surface area contributed by atoms with E-state index in [1.54, 1.807) is 47.6 Å². The Labute approximate surface area is 296 Å². The summed E-state index contributed by atoms with van der Waals surface area (Å²) in [6.07, 6.45) is 4.23. The molecule has 51 heavy (non-hydrogen) atoms. The number of hydrogen-bond donors (Lipinski definition) is 8. The van der Waals surface area contributed by atoms with Gasteiger partial charge in [-0.15, -0.1) is 0 Å². The second-order valence-electron chi connectivity index (χ2n) is 11.7. The van der Waals surface area contributed by atoms with E-state index in [0.717, 1.165) is 22.3 Å². The van der Waals surface area contributed by atoms with E-state index in [1.165, 1.54) is 0 Å². The summed E-state index contributed by atoms with van der Waals surface area (Å²) in [7, 11) is 0. The number of nitrogens with zero attached hydrogens (tertiary/aromatic N) is 3. The Morgan fingerprint density at radius 2 is 1.20 bits per heavy atom. The van der Waals surface area contributed by atoms with Gasteiger partial charge in [-0.05, 0) is 65.9 Å². The van der Waals surface area contributed by atoms with Crippen molar-refractivity contribution in [3.8, 4) is 11.4 Å². The van der Waals surface area contributed by atoms with Gasteiger partial charge in [-0.3, -0.25) is 9.59 Å². The smallest absolute Gasteiger partial charge is 0.315 e. The highest BCUT2D eigenvalue weighted by atomic mass is 16.3. The zero-order chi connectivity index (χ0) is 36.4. The summed E-state index contributed by atoms with van der Waals surface area (Å²) < 4.78 is 0. The van der Waals surface area contributed by atoms with Crippen LogP contribution in [0.4, 0.5) is 21.0 Å². The Balaban J connectivity index is 0.000000238. The van der Waals surface area contributed by atoms with Crippen molar-refractivity contribution in [2.45, 2.75) is 38.6 Å². The maximum absolute atomic E-state index is 12.0. The topological polar surface area (TPSA) is 230 Å². The molecule has 0 unspecified atom stereocenters. The number of rotatable bonds is 11. The summed E-state index contributed by atoms with van der Waals surface area (Å²) in [6.45, 7) is 1.98. The number of likely N-dealkylation sites (tertiary alicyclic amines) is 1. The highest BCUT2D eigenvalue weighted by Crippen LogP contribution is 2.15. The van der Waals surface area contributed by atoms with Crippen LogP contribution in [0.2, 0.25) is 0 Å². The molecule has 4 aromatic rings. The Bertz CT molecular complexity index is 1710. The van der Waals surface area contributed by atoms with Crippen LogP contribution in [0.1, 0.15) is 29.5 Å². The molecule has 2 heterocycles. The van der Waals surface area contributed by atoms with Crippen molar-refractivity contribution in [1.29, 1.82) is 0 Å². The molecule has 6 amide bonds. The fraction of sp³-hybridized carbons (Fsp3) is 0.278. The molecule has 3 aromatic carbocycles. The van der Waals surface area contributed by atoms with Crippen LogP contribution < -0.4 is 38.1 Å². The van der Waals surface area contributed by atoms with Crippen molar-refractivity contribution in [3.05, 3.63) is 108 Å². The van der Waals surface area contributed by atoms with Crippen LogP contribution in [-0.4, -0.2) is 76.1 Å². The fourth-order valence-corrected chi connectivity index (χ4v) is 4.84. The fourth-order valence-electron chi connectivity index (χ4n) is 4.84. The number of carbonyl (C=O) groups excluding carboxylic acids is 4. The molecule has 0 atom stereocenters. The highest BCUT2D eigenvalue weighted by Gasteiger charge is 2.21. The molecule has 0 radical (unpaired) electrons. The molecule has 0 spiro atoms. The van der Waals surface area contributed by atoms with Crippen molar-refractivity contribution in [3.63, 3.8) is 0 Å². The monoisotopic (exact) mass is 696 g/mol. The lowest BCUT2D eigenvalue weighted by molar-refractivity contribution is -0.132. The molecule has 5 rings (SSSR count). The number of hydrogen-bond acceptors (Lipinski definition) is 9. The molecule has 10 N–H and O–H groups in total. The van der Waals surface area contributed by atoms with Crippen LogP contribution in [0.25, 0.3) is 11.4 Å². The number of carbonyl (C=O) groups is 4. The SMILES string of the molecule is Nc1ccc(CNC(=O)NCC(=O)N2CCC(O)CC2)cc1.Nc1ccc(CNC(=O)NCC(=O)NCc2cccc(-c3ncccn3)c2)cc1. The lowest BCUT2D eigenvalue weighted by Gasteiger charge is -2.29. The lowest BCUT2D eigenvalue weighted by atomic mass is 10.1. The molecule has 268 valence electrons. The first-order chi connectivity index (χ1) is 24.6. The van der Waals surface area contributed by atoms with Gasteiger partial charge < -0.3 is 48.1 Å². The number of nitrogens with two attached hydrogens (primary N) is 2. The third-order valence-electron chi connectivity index (χ3n) is 7.73. The van der Waals surface area contributed by atoms with Crippen molar-refractivity contribution < 1.29 is 24.3 Å². The summed E-state index contributed by atoms with van der Waals surface area (Å²) in [5.74, 6) is 0.212. The number of nitrogens with one attached hydrogen (secondary N) is 5. The molecule has 0 saturated carbocycles.